The normalized spacial score (nSPS) is 11.0. The van der Waals surface area contributed by atoms with Gasteiger partial charge in [-0.15, -0.1) is 0 Å². The summed E-state index contributed by atoms with van der Waals surface area (Å²) in [6.07, 6.45) is -1.65. The zero-order valence-corrected chi connectivity index (χ0v) is 6.97. The van der Waals surface area contributed by atoms with E-state index in [2.05, 4.69) is 0 Å². The Labute approximate surface area is 76.1 Å². The van der Waals surface area contributed by atoms with E-state index in [4.69, 9.17) is 5.11 Å². The molecule has 0 fully saturated rings. The highest BCUT2D eigenvalue weighted by Crippen LogP contribution is 2.22. The van der Waals surface area contributed by atoms with Crippen LogP contribution in [0.15, 0.2) is 42.5 Å². The molecule has 1 atom stereocenters. The SMILES string of the molecule is [O]C(O)c1cccc2ccccc12. The number of aliphatic hydroxyl groups excluding tert-OH is 1. The summed E-state index contributed by atoms with van der Waals surface area (Å²) < 4.78 is 0. The van der Waals surface area contributed by atoms with Crippen molar-refractivity contribution in [2.75, 3.05) is 0 Å². The molecule has 0 aliphatic heterocycles. The highest BCUT2D eigenvalue weighted by molar-refractivity contribution is 5.85. The molecule has 0 heterocycles. The van der Waals surface area contributed by atoms with Crippen LogP contribution in [0.25, 0.3) is 10.8 Å². The molecule has 2 aromatic carbocycles. The monoisotopic (exact) mass is 173 g/mol. The fourth-order valence-electron chi connectivity index (χ4n) is 1.47. The van der Waals surface area contributed by atoms with Crippen LogP contribution in [-0.2, 0) is 5.11 Å². The lowest BCUT2D eigenvalue weighted by molar-refractivity contribution is -0.0940. The van der Waals surface area contributed by atoms with E-state index < -0.39 is 6.29 Å². The van der Waals surface area contributed by atoms with Crippen LogP contribution in [0.3, 0.4) is 0 Å². The maximum atomic E-state index is 10.9. The van der Waals surface area contributed by atoms with Gasteiger partial charge in [0.2, 0.25) is 6.29 Å². The minimum absolute atomic E-state index is 0.443. The Bertz CT molecular complexity index is 416. The van der Waals surface area contributed by atoms with E-state index in [0.29, 0.717) is 5.56 Å². The summed E-state index contributed by atoms with van der Waals surface area (Å²) in [6.45, 7) is 0. The molecule has 65 valence electrons. The highest BCUT2D eigenvalue weighted by atomic mass is 16.5. The molecule has 1 unspecified atom stereocenters. The fraction of sp³-hybridized carbons (Fsp3) is 0.0909. The predicted molar refractivity (Wildman–Crippen MR) is 49.6 cm³/mol. The smallest absolute Gasteiger partial charge is 0.215 e. The first kappa shape index (κ1) is 8.23. The molecule has 0 saturated carbocycles. The number of hydrogen-bond donors (Lipinski definition) is 1. The lowest BCUT2D eigenvalue weighted by Gasteiger charge is -2.05. The molecule has 2 nitrogen and oxygen atoms in total. The molecule has 1 N–H and O–H groups in total. The zero-order valence-electron chi connectivity index (χ0n) is 6.97. The second-order valence-electron chi connectivity index (χ2n) is 2.92. The van der Waals surface area contributed by atoms with E-state index in [-0.39, 0.29) is 0 Å². The van der Waals surface area contributed by atoms with E-state index in [1.807, 2.05) is 30.3 Å². The number of benzene rings is 2. The van der Waals surface area contributed by atoms with Gasteiger partial charge >= 0.3 is 0 Å². The van der Waals surface area contributed by atoms with Gasteiger partial charge in [0.1, 0.15) is 0 Å². The standard InChI is InChI=1S/C11H9O2/c12-11(13)10-7-3-5-8-4-1-2-6-9(8)10/h1-7,11-12H. The third kappa shape index (κ3) is 1.41. The number of aliphatic hydroxyl groups is 1. The number of rotatable bonds is 1. The van der Waals surface area contributed by atoms with Crippen LogP contribution in [0.1, 0.15) is 11.9 Å². The van der Waals surface area contributed by atoms with Crippen molar-refractivity contribution in [1.29, 1.82) is 0 Å². The topological polar surface area (TPSA) is 40.1 Å². The third-order valence-electron chi connectivity index (χ3n) is 2.09. The van der Waals surface area contributed by atoms with Crippen molar-refractivity contribution in [3.05, 3.63) is 48.0 Å². The zero-order chi connectivity index (χ0) is 9.26. The molecule has 2 rings (SSSR count). The van der Waals surface area contributed by atoms with Gasteiger partial charge in [-0.1, -0.05) is 42.5 Å². The maximum absolute atomic E-state index is 10.9. The Hall–Kier alpha value is -1.38. The molecule has 0 aromatic heterocycles. The fourth-order valence-corrected chi connectivity index (χ4v) is 1.47. The molecule has 1 radical (unpaired) electrons. The molecule has 2 heteroatoms. The number of hydrogen-bond acceptors (Lipinski definition) is 1. The summed E-state index contributed by atoms with van der Waals surface area (Å²) in [5, 5.41) is 21.7. The summed E-state index contributed by atoms with van der Waals surface area (Å²) in [6, 6.07) is 12.9. The first-order valence-electron chi connectivity index (χ1n) is 4.10. The van der Waals surface area contributed by atoms with Crippen LogP contribution >= 0.6 is 0 Å². The Balaban J connectivity index is 2.76. The molecule has 0 saturated heterocycles. The van der Waals surface area contributed by atoms with Gasteiger partial charge in [0.05, 0.1) is 0 Å². The van der Waals surface area contributed by atoms with Crippen LogP contribution in [0.4, 0.5) is 0 Å². The Morgan fingerprint density at radius 3 is 2.46 bits per heavy atom. The molecule has 0 spiro atoms. The largest absolute Gasteiger partial charge is 0.362 e. The molecular weight excluding hydrogens is 164 g/mol. The minimum atomic E-state index is -1.65. The average molecular weight is 173 g/mol. The lowest BCUT2D eigenvalue weighted by atomic mass is 10.0. The van der Waals surface area contributed by atoms with Crippen molar-refractivity contribution < 1.29 is 10.2 Å². The molecule has 0 bridgehead atoms. The Morgan fingerprint density at radius 2 is 1.69 bits per heavy atom. The lowest BCUT2D eigenvalue weighted by Crippen LogP contribution is -1.93. The molecule has 0 amide bonds. The summed E-state index contributed by atoms with van der Waals surface area (Å²) in [7, 11) is 0. The van der Waals surface area contributed by atoms with Crippen molar-refractivity contribution >= 4 is 10.8 Å². The minimum Gasteiger partial charge on any atom is -0.362 e. The quantitative estimate of drug-likeness (QED) is 0.660. The van der Waals surface area contributed by atoms with Gasteiger partial charge in [-0.25, -0.2) is 0 Å². The molecule has 0 aliphatic rings. The van der Waals surface area contributed by atoms with Crippen molar-refractivity contribution in [2.45, 2.75) is 6.29 Å². The van der Waals surface area contributed by atoms with Crippen molar-refractivity contribution in [1.82, 2.24) is 0 Å². The van der Waals surface area contributed by atoms with Gasteiger partial charge < -0.3 is 5.11 Å². The molecular formula is C11H9O2. The van der Waals surface area contributed by atoms with Gasteiger partial charge in [-0.2, -0.15) is 5.11 Å². The van der Waals surface area contributed by atoms with E-state index in [9.17, 15) is 5.11 Å². The van der Waals surface area contributed by atoms with Crippen LogP contribution in [-0.4, -0.2) is 5.11 Å². The van der Waals surface area contributed by atoms with Crippen LogP contribution in [0.2, 0.25) is 0 Å². The van der Waals surface area contributed by atoms with E-state index in [1.54, 1.807) is 12.1 Å². The van der Waals surface area contributed by atoms with Gasteiger partial charge in [-0.05, 0) is 10.8 Å². The van der Waals surface area contributed by atoms with Crippen LogP contribution in [0.5, 0.6) is 0 Å². The first-order chi connectivity index (χ1) is 6.29. The Morgan fingerprint density at radius 1 is 1.00 bits per heavy atom. The second kappa shape index (κ2) is 3.17. The van der Waals surface area contributed by atoms with Crippen LogP contribution in [0, 0.1) is 0 Å². The summed E-state index contributed by atoms with van der Waals surface area (Å²) in [4.78, 5) is 0. The molecule has 13 heavy (non-hydrogen) atoms. The van der Waals surface area contributed by atoms with Gasteiger partial charge in [0, 0.05) is 5.56 Å². The van der Waals surface area contributed by atoms with Gasteiger partial charge in [-0.3, -0.25) is 0 Å². The van der Waals surface area contributed by atoms with Crippen molar-refractivity contribution in [3.8, 4) is 0 Å². The first-order valence-corrected chi connectivity index (χ1v) is 4.10. The maximum Gasteiger partial charge on any atom is 0.215 e. The van der Waals surface area contributed by atoms with E-state index in [1.165, 1.54) is 0 Å². The summed E-state index contributed by atoms with van der Waals surface area (Å²) >= 11 is 0. The molecule has 2 aromatic rings. The molecule has 0 aliphatic carbocycles. The summed E-state index contributed by atoms with van der Waals surface area (Å²) in [5.74, 6) is 0. The van der Waals surface area contributed by atoms with Gasteiger partial charge in [0.15, 0.2) is 0 Å². The van der Waals surface area contributed by atoms with E-state index >= 15 is 0 Å². The van der Waals surface area contributed by atoms with Crippen molar-refractivity contribution in [2.24, 2.45) is 0 Å². The highest BCUT2D eigenvalue weighted by Gasteiger charge is 2.07. The average Bonchev–Trinajstić information content (AvgIpc) is 2.17. The van der Waals surface area contributed by atoms with E-state index in [0.717, 1.165) is 10.8 Å². The third-order valence-corrected chi connectivity index (χ3v) is 2.09. The van der Waals surface area contributed by atoms with Crippen molar-refractivity contribution in [3.63, 3.8) is 0 Å². The predicted octanol–water partition coefficient (Wildman–Crippen LogP) is 2.26. The second-order valence-corrected chi connectivity index (χ2v) is 2.92. The Kier molecular flexibility index (Phi) is 2.00. The van der Waals surface area contributed by atoms with Gasteiger partial charge in [0.25, 0.3) is 0 Å². The van der Waals surface area contributed by atoms with Crippen LogP contribution < -0.4 is 0 Å². The summed E-state index contributed by atoms with van der Waals surface area (Å²) in [5.41, 5.74) is 0.443. The number of fused-ring (bicyclic) bond motifs is 1.